The number of carbonyl (C=O) groups is 2. The summed E-state index contributed by atoms with van der Waals surface area (Å²) in [6.45, 7) is 0. The standard InChI is InChI=1S/C23H13Cl5N4O2/c24-13-5-12(6-14(25)7-13)19-20(23(19,27)28)22(34)31-15-2-3-17(26)16(8-15)21(33)32-18-4-1-11(9-29)10-30-18/h1-8,10,19-20H,(H,31,34)(H,30,32,33)/t19-,20+/m0/s1. The van der Waals surface area contributed by atoms with Gasteiger partial charge in [0.1, 0.15) is 16.2 Å². The second-order valence-corrected chi connectivity index (χ2v) is 10.2. The zero-order valence-electron chi connectivity index (χ0n) is 17.0. The smallest absolute Gasteiger partial charge is 0.258 e. The fourth-order valence-electron chi connectivity index (χ4n) is 3.54. The van der Waals surface area contributed by atoms with Gasteiger partial charge in [-0.2, -0.15) is 5.26 Å². The Bertz CT molecular complexity index is 1320. The number of benzene rings is 2. The maximum Gasteiger partial charge on any atom is 0.258 e. The third-order valence-electron chi connectivity index (χ3n) is 5.19. The molecular formula is C23H13Cl5N4O2. The van der Waals surface area contributed by atoms with Crippen LogP contribution in [-0.4, -0.2) is 21.1 Å². The highest BCUT2D eigenvalue weighted by atomic mass is 35.5. The molecule has 1 saturated carbocycles. The van der Waals surface area contributed by atoms with E-state index >= 15 is 0 Å². The van der Waals surface area contributed by atoms with Gasteiger partial charge in [0, 0.05) is 27.8 Å². The van der Waals surface area contributed by atoms with Crippen molar-refractivity contribution in [2.75, 3.05) is 10.6 Å². The van der Waals surface area contributed by atoms with Crippen molar-refractivity contribution in [3.8, 4) is 6.07 Å². The summed E-state index contributed by atoms with van der Waals surface area (Å²) in [4.78, 5) is 29.6. The molecule has 2 N–H and O–H groups in total. The van der Waals surface area contributed by atoms with Gasteiger partial charge in [-0.05, 0) is 54.1 Å². The average Bonchev–Trinajstić information content (AvgIpc) is 3.37. The molecule has 1 heterocycles. The lowest BCUT2D eigenvalue weighted by Gasteiger charge is -2.10. The Hall–Kier alpha value is -2.53. The largest absolute Gasteiger partial charge is 0.326 e. The minimum atomic E-state index is -1.34. The molecule has 1 aliphatic carbocycles. The van der Waals surface area contributed by atoms with Gasteiger partial charge in [0.05, 0.1) is 22.1 Å². The number of nitrogens with one attached hydrogen (secondary N) is 2. The number of hydrogen-bond acceptors (Lipinski definition) is 4. The van der Waals surface area contributed by atoms with Crippen LogP contribution in [0.15, 0.2) is 54.7 Å². The van der Waals surface area contributed by atoms with E-state index in [1.807, 2.05) is 6.07 Å². The molecule has 0 saturated heterocycles. The fraction of sp³-hybridized carbons (Fsp3) is 0.130. The number of nitriles is 1. The Labute approximate surface area is 219 Å². The minimum Gasteiger partial charge on any atom is -0.326 e. The highest BCUT2D eigenvalue weighted by molar-refractivity contribution is 6.53. The summed E-state index contributed by atoms with van der Waals surface area (Å²) in [6, 6.07) is 14.3. The summed E-state index contributed by atoms with van der Waals surface area (Å²) in [7, 11) is 0. The molecule has 2 atom stereocenters. The molecule has 172 valence electrons. The van der Waals surface area contributed by atoms with E-state index in [9.17, 15) is 9.59 Å². The summed E-state index contributed by atoms with van der Waals surface area (Å²) in [6.07, 6.45) is 1.33. The van der Waals surface area contributed by atoms with Gasteiger partial charge < -0.3 is 10.6 Å². The van der Waals surface area contributed by atoms with Gasteiger partial charge in [-0.25, -0.2) is 4.98 Å². The molecule has 6 nitrogen and oxygen atoms in total. The lowest BCUT2D eigenvalue weighted by molar-refractivity contribution is -0.117. The van der Waals surface area contributed by atoms with E-state index in [0.29, 0.717) is 26.9 Å². The predicted molar refractivity (Wildman–Crippen MR) is 134 cm³/mol. The van der Waals surface area contributed by atoms with Crippen molar-refractivity contribution < 1.29 is 9.59 Å². The van der Waals surface area contributed by atoms with Crippen molar-refractivity contribution in [3.63, 3.8) is 0 Å². The SMILES string of the molecule is N#Cc1ccc(NC(=O)c2cc(NC(=O)[C@H]3[C@H](c4cc(Cl)cc(Cl)c4)C3(Cl)Cl)ccc2Cl)nc1. The van der Waals surface area contributed by atoms with E-state index in [1.165, 1.54) is 30.5 Å². The Morgan fingerprint density at radius 2 is 1.68 bits per heavy atom. The molecule has 1 aromatic heterocycles. The summed E-state index contributed by atoms with van der Waals surface area (Å²) in [5.74, 6) is -2.01. The number of alkyl halides is 2. The van der Waals surface area contributed by atoms with E-state index in [0.717, 1.165) is 0 Å². The Morgan fingerprint density at radius 3 is 2.29 bits per heavy atom. The normalized spacial score (nSPS) is 18.0. The molecule has 2 aromatic carbocycles. The van der Waals surface area contributed by atoms with E-state index in [4.69, 9.17) is 63.3 Å². The number of amides is 2. The van der Waals surface area contributed by atoms with Crippen LogP contribution in [0, 0.1) is 17.2 Å². The predicted octanol–water partition coefficient (Wildman–Crippen LogP) is 6.69. The molecule has 1 aliphatic rings. The molecule has 0 bridgehead atoms. The zero-order chi connectivity index (χ0) is 24.6. The molecule has 2 amide bonds. The number of aromatic nitrogens is 1. The first-order valence-electron chi connectivity index (χ1n) is 9.72. The monoisotopic (exact) mass is 552 g/mol. The summed E-state index contributed by atoms with van der Waals surface area (Å²) in [5.41, 5.74) is 1.44. The van der Waals surface area contributed by atoms with Gasteiger partial charge in [-0.3, -0.25) is 9.59 Å². The van der Waals surface area contributed by atoms with Crippen molar-refractivity contribution in [1.82, 2.24) is 4.98 Å². The second kappa shape index (κ2) is 9.61. The fourth-order valence-corrected chi connectivity index (χ4v) is 5.11. The molecule has 0 aliphatic heterocycles. The first kappa shape index (κ1) is 24.6. The number of anilines is 2. The van der Waals surface area contributed by atoms with Crippen LogP contribution in [0.5, 0.6) is 0 Å². The van der Waals surface area contributed by atoms with Gasteiger partial charge in [-0.1, -0.05) is 34.8 Å². The van der Waals surface area contributed by atoms with Crippen LogP contribution in [-0.2, 0) is 4.79 Å². The number of nitrogens with zero attached hydrogens (tertiary/aromatic N) is 2. The summed E-state index contributed by atoms with van der Waals surface area (Å²) in [5, 5.41) is 15.2. The maximum atomic E-state index is 12.9. The van der Waals surface area contributed by atoms with Gasteiger partial charge in [0.25, 0.3) is 5.91 Å². The molecule has 0 unspecified atom stereocenters. The third-order valence-corrected chi connectivity index (χ3v) is 6.90. The minimum absolute atomic E-state index is 0.114. The highest BCUT2D eigenvalue weighted by Gasteiger charge is 2.67. The van der Waals surface area contributed by atoms with E-state index in [2.05, 4.69) is 15.6 Å². The van der Waals surface area contributed by atoms with E-state index < -0.39 is 28.0 Å². The summed E-state index contributed by atoms with van der Waals surface area (Å²) >= 11 is 31.1. The van der Waals surface area contributed by atoms with Crippen LogP contribution < -0.4 is 10.6 Å². The molecule has 34 heavy (non-hydrogen) atoms. The maximum absolute atomic E-state index is 12.9. The number of hydrogen-bond donors (Lipinski definition) is 2. The third kappa shape index (κ3) is 5.10. The Kier molecular flexibility index (Phi) is 6.95. The van der Waals surface area contributed by atoms with E-state index in [1.54, 1.807) is 24.3 Å². The van der Waals surface area contributed by atoms with Gasteiger partial charge in [-0.15, -0.1) is 23.2 Å². The number of rotatable bonds is 5. The van der Waals surface area contributed by atoms with Crippen molar-refractivity contribution >= 4 is 81.3 Å². The van der Waals surface area contributed by atoms with Crippen molar-refractivity contribution in [1.29, 1.82) is 5.26 Å². The molecular weight excluding hydrogens is 542 g/mol. The van der Waals surface area contributed by atoms with E-state index in [-0.39, 0.29) is 16.4 Å². The molecule has 0 spiro atoms. The first-order valence-corrected chi connectivity index (χ1v) is 11.6. The van der Waals surface area contributed by atoms with Crippen LogP contribution in [0.3, 0.4) is 0 Å². The van der Waals surface area contributed by atoms with Gasteiger partial charge >= 0.3 is 0 Å². The number of pyridine rings is 1. The molecule has 11 heteroatoms. The molecule has 3 aromatic rings. The first-order chi connectivity index (χ1) is 16.1. The van der Waals surface area contributed by atoms with Gasteiger partial charge in [0.15, 0.2) is 0 Å². The molecule has 1 fully saturated rings. The number of halogens is 5. The Morgan fingerprint density at radius 1 is 0.971 bits per heavy atom. The van der Waals surface area contributed by atoms with Crippen LogP contribution in [0.1, 0.15) is 27.4 Å². The Balaban J connectivity index is 1.50. The van der Waals surface area contributed by atoms with Crippen molar-refractivity contribution in [3.05, 3.63) is 86.5 Å². The zero-order valence-corrected chi connectivity index (χ0v) is 20.7. The van der Waals surface area contributed by atoms with Crippen LogP contribution in [0.25, 0.3) is 0 Å². The van der Waals surface area contributed by atoms with Crippen molar-refractivity contribution in [2.24, 2.45) is 5.92 Å². The van der Waals surface area contributed by atoms with Crippen LogP contribution >= 0.6 is 58.0 Å². The molecule has 0 radical (unpaired) electrons. The van der Waals surface area contributed by atoms with Gasteiger partial charge in [0.2, 0.25) is 5.91 Å². The summed E-state index contributed by atoms with van der Waals surface area (Å²) < 4.78 is -1.34. The molecule has 4 rings (SSSR count). The van der Waals surface area contributed by atoms with Crippen LogP contribution in [0.2, 0.25) is 15.1 Å². The average molecular weight is 555 g/mol. The second-order valence-electron chi connectivity index (χ2n) is 7.51. The lowest BCUT2D eigenvalue weighted by Crippen LogP contribution is -2.18. The number of carbonyl (C=O) groups excluding carboxylic acids is 2. The topological polar surface area (TPSA) is 94.9 Å². The lowest BCUT2D eigenvalue weighted by atomic mass is 10.1. The van der Waals surface area contributed by atoms with Crippen molar-refractivity contribution in [2.45, 2.75) is 10.3 Å². The quantitative estimate of drug-likeness (QED) is 0.344. The highest BCUT2D eigenvalue weighted by Crippen LogP contribution is 2.65. The van der Waals surface area contributed by atoms with Crippen LogP contribution in [0.4, 0.5) is 11.5 Å².